The topological polar surface area (TPSA) is 52.6 Å². The highest BCUT2D eigenvalue weighted by atomic mass is 28.4. The van der Waals surface area contributed by atoms with Gasteiger partial charge in [0, 0.05) is 24.9 Å². The second-order valence-electron chi connectivity index (χ2n) is 8.31. The summed E-state index contributed by atoms with van der Waals surface area (Å²) in [7, 11) is -2.74. The van der Waals surface area contributed by atoms with Crippen molar-refractivity contribution < 1.29 is 18.4 Å². The van der Waals surface area contributed by atoms with Crippen molar-refractivity contribution in [3.63, 3.8) is 0 Å². The van der Waals surface area contributed by atoms with Crippen molar-refractivity contribution in [1.29, 1.82) is 0 Å². The Bertz CT molecular complexity index is 374. The molecule has 0 aliphatic heterocycles. The van der Waals surface area contributed by atoms with Crippen LogP contribution in [0, 0.1) is 0 Å². The molecule has 0 saturated heterocycles. The molecule has 0 saturated carbocycles. The van der Waals surface area contributed by atoms with Gasteiger partial charge in [-0.2, -0.15) is 0 Å². The van der Waals surface area contributed by atoms with E-state index < -0.39 is 8.56 Å². The minimum Gasteiger partial charge on any atom is -0.485 e. The molecule has 172 valence electrons. The molecule has 0 radical (unpaired) electrons. The van der Waals surface area contributed by atoms with Crippen LogP contribution < -0.4 is 0 Å². The summed E-state index contributed by atoms with van der Waals surface area (Å²) in [5, 5.41) is 0. The molecule has 0 N–H and O–H groups in total. The molecular weight excluding hydrogens is 380 g/mol. The molecule has 0 aliphatic rings. The third kappa shape index (κ3) is 15.6. The van der Waals surface area contributed by atoms with Crippen molar-refractivity contribution in [3.05, 3.63) is 0 Å². The van der Waals surface area contributed by atoms with Gasteiger partial charge in [-0.3, -0.25) is 9.59 Å². The van der Waals surface area contributed by atoms with Gasteiger partial charge in [-0.25, -0.2) is 0 Å². The molecule has 5 heteroatoms. The van der Waals surface area contributed by atoms with Gasteiger partial charge in [0.1, 0.15) is 0 Å². The van der Waals surface area contributed by atoms with Crippen molar-refractivity contribution in [3.8, 4) is 0 Å². The first kappa shape index (κ1) is 28.2. The van der Waals surface area contributed by atoms with Crippen molar-refractivity contribution in [2.24, 2.45) is 0 Å². The lowest BCUT2D eigenvalue weighted by molar-refractivity contribution is -0.141. The maximum atomic E-state index is 12.3. The molecule has 0 aromatic heterocycles. The van der Waals surface area contributed by atoms with E-state index in [4.69, 9.17) is 8.85 Å². The third-order valence-corrected chi connectivity index (χ3v) is 9.00. The van der Waals surface area contributed by atoms with Crippen LogP contribution >= 0.6 is 0 Å². The summed E-state index contributed by atoms with van der Waals surface area (Å²) in [6, 6.07) is 1.27. The maximum absolute atomic E-state index is 12.3. The smallest absolute Gasteiger partial charge is 0.463 e. The normalized spacial score (nSPS) is 11.4. The van der Waals surface area contributed by atoms with E-state index in [9.17, 15) is 9.59 Å². The predicted molar refractivity (Wildman–Crippen MR) is 124 cm³/mol. The van der Waals surface area contributed by atoms with E-state index in [2.05, 4.69) is 13.8 Å². The SMILES string of the molecule is CCCCCCCCCC(=O)O[Si](CC)(CC)OC(=O)CCCCCCCCC. The summed E-state index contributed by atoms with van der Waals surface area (Å²) in [5.74, 6) is -0.365. The maximum Gasteiger partial charge on any atom is 0.463 e. The van der Waals surface area contributed by atoms with E-state index in [1.807, 2.05) is 13.8 Å². The summed E-state index contributed by atoms with van der Waals surface area (Å²) in [6.07, 6.45) is 17.3. The van der Waals surface area contributed by atoms with E-state index >= 15 is 0 Å². The Kier molecular flexibility index (Phi) is 18.6. The van der Waals surface area contributed by atoms with Gasteiger partial charge in [-0.1, -0.05) is 105 Å². The van der Waals surface area contributed by atoms with E-state index in [-0.39, 0.29) is 11.9 Å². The van der Waals surface area contributed by atoms with Crippen molar-refractivity contribution in [1.82, 2.24) is 0 Å². The minimum absolute atomic E-state index is 0.183. The highest BCUT2D eigenvalue weighted by Crippen LogP contribution is 2.22. The van der Waals surface area contributed by atoms with Gasteiger partial charge < -0.3 is 8.85 Å². The largest absolute Gasteiger partial charge is 0.485 e. The Morgan fingerprint density at radius 1 is 0.517 bits per heavy atom. The van der Waals surface area contributed by atoms with Crippen molar-refractivity contribution >= 4 is 20.5 Å². The number of carbonyl (C=O) groups is 2. The van der Waals surface area contributed by atoms with Crippen LogP contribution in [0.25, 0.3) is 0 Å². The average molecular weight is 429 g/mol. The van der Waals surface area contributed by atoms with Gasteiger partial charge in [0.25, 0.3) is 11.9 Å². The predicted octanol–water partition coefficient (Wildman–Crippen LogP) is 7.84. The number of carbonyl (C=O) groups excluding carboxylic acids is 2. The van der Waals surface area contributed by atoms with Gasteiger partial charge in [-0.15, -0.1) is 0 Å². The highest BCUT2D eigenvalue weighted by Gasteiger charge is 2.41. The summed E-state index contributed by atoms with van der Waals surface area (Å²) in [6.45, 7) is 8.37. The average Bonchev–Trinajstić information content (AvgIpc) is 2.72. The standard InChI is InChI=1S/C24H48O4Si/c1-5-9-11-13-15-17-19-21-23(25)27-29(7-3,8-4)28-24(26)22-20-18-16-14-12-10-6-2/h5-22H2,1-4H3. The van der Waals surface area contributed by atoms with Gasteiger partial charge in [0.15, 0.2) is 0 Å². The third-order valence-electron chi connectivity index (χ3n) is 5.65. The first-order chi connectivity index (χ1) is 14.0. The molecule has 0 bridgehead atoms. The van der Waals surface area contributed by atoms with Crippen LogP contribution in [-0.2, 0) is 18.4 Å². The fourth-order valence-corrected chi connectivity index (χ4v) is 5.68. The molecule has 0 aromatic carbocycles. The molecule has 0 atom stereocenters. The lowest BCUT2D eigenvalue weighted by Gasteiger charge is -2.27. The molecule has 0 spiro atoms. The lowest BCUT2D eigenvalue weighted by Crippen LogP contribution is -2.44. The van der Waals surface area contributed by atoms with Crippen LogP contribution in [0.5, 0.6) is 0 Å². The minimum atomic E-state index is -2.74. The molecule has 0 heterocycles. The molecule has 4 nitrogen and oxygen atoms in total. The molecule has 0 amide bonds. The zero-order valence-corrected chi connectivity index (χ0v) is 20.9. The summed E-state index contributed by atoms with van der Waals surface area (Å²) < 4.78 is 11.6. The Labute approximate surface area is 181 Å². The number of rotatable bonds is 20. The molecule has 0 aromatic rings. The van der Waals surface area contributed by atoms with Crippen LogP contribution in [0.2, 0.25) is 12.1 Å². The molecular formula is C24H48O4Si. The molecule has 0 rings (SSSR count). The van der Waals surface area contributed by atoms with Gasteiger partial charge in [0.2, 0.25) is 0 Å². The zero-order chi connectivity index (χ0) is 21.8. The highest BCUT2D eigenvalue weighted by molar-refractivity contribution is 6.70. The first-order valence-corrected chi connectivity index (χ1v) is 14.7. The van der Waals surface area contributed by atoms with Crippen molar-refractivity contribution in [2.75, 3.05) is 0 Å². The van der Waals surface area contributed by atoms with Crippen molar-refractivity contribution in [2.45, 2.75) is 143 Å². The molecule has 0 unspecified atom stereocenters. The monoisotopic (exact) mass is 428 g/mol. The van der Waals surface area contributed by atoms with E-state index in [1.165, 1.54) is 64.2 Å². The second kappa shape index (κ2) is 19.1. The first-order valence-electron chi connectivity index (χ1n) is 12.5. The fraction of sp³-hybridized carbons (Fsp3) is 0.917. The molecule has 0 aliphatic carbocycles. The summed E-state index contributed by atoms with van der Waals surface area (Å²) >= 11 is 0. The van der Waals surface area contributed by atoms with E-state index in [0.717, 1.165) is 25.7 Å². The Hall–Kier alpha value is -0.843. The summed E-state index contributed by atoms with van der Waals surface area (Å²) in [5.41, 5.74) is 0. The quantitative estimate of drug-likeness (QED) is 0.146. The van der Waals surface area contributed by atoms with Gasteiger partial charge in [0.05, 0.1) is 0 Å². The van der Waals surface area contributed by atoms with Crippen LogP contribution in [0.4, 0.5) is 0 Å². The van der Waals surface area contributed by atoms with Gasteiger partial charge >= 0.3 is 8.56 Å². The molecule has 0 fully saturated rings. The fourth-order valence-electron chi connectivity index (χ4n) is 3.53. The van der Waals surface area contributed by atoms with E-state index in [0.29, 0.717) is 24.9 Å². The number of hydrogen-bond acceptors (Lipinski definition) is 4. The molecule has 29 heavy (non-hydrogen) atoms. The van der Waals surface area contributed by atoms with E-state index in [1.54, 1.807) is 0 Å². The Morgan fingerprint density at radius 2 is 0.828 bits per heavy atom. The van der Waals surface area contributed by atoms with Crippen LogP contribution in [0.15, 0.2) is 0 Å². The lowest BCUT2D eigenvalue weighted by atomic mass is 10.1. The Balaban J connectivity index is 4.10. The van der Waals surface area contributed by atoms with Crippen LogP contribution in [0.1, 0.15) is 130 Å². The second-order valence-corrected chi connectivity index (χ2v) is 12.0. The summed E-state index contributed by atoms with van der Waals surface area (Å²) in [4.78, 5) is 24.6. The Morgan fingerprint density at radius 3 is 1.14 bits per heavy atom. The van der Waals surface area contributed by atoms with Crippen LogP contribution in [0.3, 0.4) is 0 Å². The van der Waals surface area contributed by atoms with Crippen LogP contribution in [-0.4, -0.2) is 20.5 Å². The van der Waals surface area contributed by atoms with Gasteiger partial charge in [-0.05, 0) is 12.8 Å². The zero-order valence-electron chi connectivity index (χ0n) is 19.9. The number of hydrogen-bond donors (Lipinski definition) is 0. The number of unbranched alkanes of at least 4 members (excludes halogenated alkanes) is 12.